The van der Waals surface area contributed by atoms with Gasteiger partial charge >= 0.3 is 0 Å². The average molecular weight is 236 g/mol. The molecule has 0 aromatic carbocycles. The topological polar surface area (TPSA) is 23.6 Å². The van der Waals surface area contributed by atoms with E-state index >= 15 is 0 Å². The van der Waals surface area contributed by atoms with E-state index in [9.17, 15) is 4.79 Å². The molecule has 2 unspecified atom stereocenters. The van der Waals surface area contributed by atoms with Crippen LogP contribution in [-0.4, -0.2) is 48.9 Å². The number of amides is 1. The molecule has 0 bridgehead atoms. The predicted octanol–water partition coefficient (Wildman–Crippen LogP) is 1.59. The summed E-state index contributed by atoms with van der Waals surface area (Å²) in [5, 5.41) is 0. The highest BCUT2D eigenvalue weighted by Gasteiger charge is 2.52. The van der Waals surface area contributed by atoms with Crippen molar-refractivity contribution in [3.63, 3.8) is 0 Å². The van der Waals surface area contributed by atoms with Crippen LogP contribution in [0, 0.1) is 17.3 Å². The minimum absolute atomic E-state index is 0.370. The standard InChI is InChI=1S/C14H24N2O/c1-10-6-12(10)13(17)16-5-4-14(9-16)7-11(8-14)15(2)3/h10-12H,4-9H2,1-3H3. The fourth-order valence-electron chi connectivity index (χ4n) is 3.66. The van der Waals surface area contributed by atoms with Crippen molar-refractivity contribution in [1.29, 1.82) is 0 Å². The van der Waals surface area contributed by atoms with Crippen LogP contribution in [0.4, 0.5) is 0 Å². The maximum atomic E-state index is 12.2. The van der Waals surface area contributed by atoms with Gasteiger partial charge in [-0.3, -0.25) is 4.79 Å². The fraction of sp³-hybridized carbons (Fsp3) is 0.929. The van der Waals surface area contributed by atoms with Gasteiger partial charge in [0.15, 0.2) is 0 Å². The van der Waals surface area contributed by atoms with Gasteiger partial charge in [0.2, 0.25) is 5.91 Å². The van der Waals surface area contributed by atoms with Gasteiger partial charge in [-0.05, 0) is 51.1 Å². The molecule has 2 aliphatic carbocycles. The number of hydrogen-bond donors (Lipinski definition) is 0. The minimum Gasteiger partial charge on any atom is -0.342 e. The van der Waals surface area contributed by atoms with Gasteiger partial charge in [0.25, 0.3) is 0 Å². The molecule has 1 amide bonds. The summed E-state index contributed by atoms with van der Waals surface area (Å²) in [6.45, 7) is 4.25. The second-order valence-electron chi connectivity index (χ2n) is 6.85. The lowest BCUT2D eigenvalue weighted by molar-refractivity contribution is -0.132. The second kappa shape index (κ2) is 3.71. The third-order valence-electron chi connectivity index (χ3n) is 5.24. The largest absolute Gasteiger partial charge is 0.342 e. The monoisotopic (exact) mass is 236 g/mol. The minimum atomic E-state index is 0.370. The van der Waals surface area contributed by atoms with E-state index in [0.717, 1.165) is 25.6 Å². The smallest absolute Gasteiger partial charge is 0.225 e. The normalized spacial score (nSPS) is 44.2. The van der Waals surface area contributed by atoms with Crippen LogP contribution in [0.1, 0.15) is 32.6 Å². The van der Waals surface area contributed by atoms with E-state index in [1.54, 1.807) is 0 Å². The number of carbonyl (C=O) groups excluding carboxylic acids is 1. The Balaban J connectivity index is 1.55. The molecule has 96 valence electrons. The zero-order valence-corrected chi connectivity index (χ0v) is 11.3. The van der Waals surface area contributed by atoms with Crippen LogP contribution in [0.2, 0.25) is 0 Å². The Morgan fingerprint density at radius 2 is 2.00 bits per heavy atom. The summed E-state index contributed by atoms with van der Waals surface area (Å²) in [7, 11) is 4.34. The summed E-state index contributed by atoms with van der Waals surface area (Å²) in [5.41, 5.74) is 0.489. The van der Waals surface area contributed by atoms with Crippen LogP contribution in [0.5, 0.6) is 0 Å². The van der Waals surface area contributed by atoms with E-state index < -0.39 is 0 Å². The molecular weight excluding hydrogens is 212 g/mol. The molecule has 3 aliphatic rings. The molecule has 1 heterocycles. The molecule has 2 atom stereocenters. The van der Waals surface area contributed by atoms with Crippen molar-refractivity contribution in [1.82, 2.24) is 9.80 Å². The fourth-order valence-corrected chi connectivity index (χ4v) is 3.66. The number of rotatable bonds is 2. The Morgan fingerprint density at radius 1 is 1.35 bits per heavy atom. The predicted molar refractivity (Wildman–Crippen MR) is 67.6 cm³/mol. The molecule has 17 heavy (non-hydrogen) atoms. The number of hydrogen-bond acceptors (Lipinski definition) is 2. The van der Waals surface area contributed by atoms with Crippen molar-refractivity contribution in [3.05, 3.63) is 0 Å². The number of nitrogens with zero attached hydrogens (tertiary/aromatic N) is 2. The van der Waals surface area contributed by atoms with Gasteiger partial charge in [0.1, 0.15) is 0 Å². The SMILES string of the molecule is CC1CC1C(=O)N1CCC2(CC(N(C)C)C2)C1. The molecule has 0 aromatic rings. The first kappa shape index (κ1) is 11.5. The first-order chi connectivity index (χ1) is 8.01. The van der Waals surface area contributed by atoms with Crippen LogP contribution < -0.4 is 0 Å². The maximum Gasteiger partial charge on any atom is 0.225 e. The van der Waals surface area contributed by atoms with E-state index in [4.69, 9.17) is 0 Å². The van der Waals surface area contributed by atoms with E-state index in [2.05, 4.69) is 30.8 Å². The molecule has 1 spiro atoms. The molecule has 1 saturated heterocycles. The van der Waals surface area contributed by atoms with Gasteiger partial charge < -0.3 is 9.80 Å². The first-order valence-corrected chi connectivity index (χ1v) is 6.96. The molecule has 3 nitrogen and oxygen atoms in total. The Kier molecular flexibility index (Phi) is 2.51. The summed E-state index contributed by atoms with van der Waals surface area (Å²) in [5.74, 6) is 1.47. The summed E-state index contributed by atoms with van der Waals surface area (Å²) in [6, 6.07) is 0.755. The molecule has 0 radical (unpaired) electrons. The van der Waals surface area contributed by atoms with E-state index in [1.165, 1.54) is 19.3 Å². The molecule has 3 rings (SSSR count). The Hall–Kier alpha value is -0.570. The highest BCUT2D eigenvalue weighted by atomic mass is 16.2. The third kappa shape index (κ3) is 1.88. The van der Waals surface area contributed by atoms with E-state index in [1.807, 2.05) is 0 Å². The van der Waals surface area contributed by atoms with Crippen LogP contribution in [0.3, 0.4) is 0 Å². The van der Waals surface area contributed by atoms with E-state index in [0.29, 0.717) is 23.2 Å². The summed E-state index contributed by atoms with van der Waals surface area (Å²) < 4.78 is 0. The number of carbonyl (C=O) groups is 1. The van der Waals surface area contributed by atoms with Crippen molar-refractivity contribution >= 4 is 5.91 Å². The lowest BCUT2D eigenvalue weighted by Crippen LogP contribution is -2.50. The van der Waals surface area contributed by atoms with Crippen LogP contribution in [0.15, 0.2) is 0 Å². The summed E-state index contributed by atoms with van der Waals surface area (Å²) in [4.78, 5) is 16.7. The van der Waals surface area contributed by atoms with Crippen LogP contribution in [0.25, 0.3) is 0 Å². The lowest BCUT2D eigenvalue weighted by Gasteiger charge is -2.48. The highest BCUT2D eigenvalue weighted by Crippen LogP contribution is 2.51. The van der Waals surface area contributed by atoms with Crippen molar-refractivity contribution in [2.24, 2.45) is 17.3 Å². The Labute approximate surface area is 104 Å². The molecule has 1 aliphatic heterocycles. The maximum absolute atomic E-state index is 12.2. The molecular formula is C14H24N2O. The van der Waals surface area contributed by atoms with Gasteiger partial charge in [-0.1, -0.05) is 6.92 Å². The van der Waals surface area contributed by atoms with Crippen molar-refractivity contribution < 1.29 is 4.79 Å². The van der Waals surface area contributed by atoms with Crippen molar-refractivity contribution in [2.75, 3.05) is 27.2 Å². The molecule has 3 heteroatoms. The molecule has 0 aromatic heterocycles. The van der Waals surface area contributed by atoms with Crippen molar-refractivity contribution in [3.8, 4) is 0 Å². The summed E-state index contributed by atoms with van der Waals surface area (Å²) in [6.07, 6.45) is 4.96. The van der Waals surface area contributed by atoms with E-state index in [-0.39, 0.29) is 0 Å². The Morgan fingerprint density at radius 3 is 2.53 bits per heavy atom. The van der Waals surface area contributed by atoms with Gasteiger partial charge in [-0.2, -0.15) is 0 Å². The average Bonchev–Trinajstić information content (AvgIpc) is 2.79. The van der Waals surface area contributed by atoms with Crippen LogP contribution in [-0.2, 0) is 4.79 Å². The van der Waals surface area contributed by atoms with Crippen LogP contribution >= 0.6 is 0 Å². The van der Waals surface area contributed by atoms with Gasteiger partial charge in [-0.25, -0.2) is 0 Å². The molecule has 3 fully saturated rings. The third-order valence-corrected chi connectivity index (χ3v) is 5.24. The quantitative estimate of drug-likeness (QED) is 0.727. The molecule has 2 saturated carbocycles. The zero-order chi connectivity index (χ0) is 12.2. The second-order valence-corrected chi connectivity index (χ2v) is 6.85. The Bertz CT molecular complexity index is 333. The number of likely N-dealkylation sites (tertiary alicyclic amines) is 1. The van der Waals surface area contributed by atoms with Gasteiger partial charge in [0, 0.05) is 25.0 Å². The summed E-state index contributed by atoms with van der Waals surface area (Å²) >= 11 is 0. The zero-order valence-electron chi connectivity index (χ0n) is 11.3. The lowest BCUT2D eigenvalue weighted by atomic mass is 9.64. The van der Waals surface area contributed by atoms with Gasteiger partial charge in [-0.15, -0.1) is 0 Å². The first-order valence-electron chi connectivity index (χ1n) is 6.96. The highest BCUT2D eigenvalue weighted by molar-refractivity contribution is 5.82. The molecule has 0 N–H and O–H groups in total. The van der Waals surface area contributed by atoms with Gasteiger partial charge in [0.05, 0.1) is 0 Å². The van der Waals surface area contributed by atoms with Crippen molar-refractivity contribution in [2.45, 2.75) is 38.6 Å².